The highest BCUT2D eigenvalue weighted by molar-refractivity contribution is 7.85. The molecule has 44 heavy (non-hydrogen) atoms. The van der Waals surface area contributed by atoms with E-state index < -0.39 is 28.0 Å². The molecule has 0 aliphatic carbocycles. The molecule has 0 heterocycles. The largest absolute Gasteiger partial charge is 0.387 e. The van der Waals surface area contributed by atoms with Crippen molar-refractivity contribution in [3.05, 3.63) is 48.6 Å². The summed E-state index contributed by atoms with van der Waals surface area (Å²) in [5.74, 6) is -1.02. The Kier molecular flexibility index (Phi) is 30.1. The average molecular weight is 638 g/mol. The number of hydrogen-bond acceptors (Lipinski definition) is 4. The second-order valence-corrected chi connectivity index (χ2v) is 13.6. The SMILES string of the molecule is CC/C=C/CC/C=C/CC/C=C/C(O)C(CS(=O)(=O)O)NC(=O)CCCCCCCCCCC/C=C\CCCCCCCC. The van der Waals surface area contributed by atoms with Crippen molar-refractivity contribution >= 4 is 16.0 Å². The Morgan fingerprint density at radius 1 is 0.614 bits per heavy atom. The van der Waals surface area contributed by atoms with Gasteiger partial charge in [-0.2, -0.15) is 8.42 Å². The summed E-state index contributed by atoms with van der Waals surface area (Å²) in [6.07, 6.45) is 41.1. The van der Waals surface area contributed by atoms with E-state index in [1.807, 2.05) is 0 Å². The molecule has 0 saturated heterocycles. The van der Waals surface area contributed by atoms with Crippen LogP contribution in [0.15, 0.2) is 48.6 Å². The smallest absolute Gasteiger partial charge is 0.267 e. The van der Waals surface area contributed by atoms with E-state index in [1.165, 1.54) is 96.0 Å². The molecular formula is C37H67NO5S. The molecule has 0 saturated carbocycles. The van der Waals surface area contributed by atoms with Crippen LogP contribution in [0.25, 0.3) is 0 Å². The third-order valence-electron chi connectivity index (χ3n) is 7.72. The first-order valence-electron chi connectivity index (χ1n) is 17.8. The van der Waals surface area contributed by atoms with Crippen LogP contribution < -0.4 is 5.32 Å². The Hall–Kier alpha value is -1.70. The number of carbonyl (C=O) groups excluding carboxylic acids is 1. The molecule has 1 amide bonds. The number of carbonyl (C=O) groups is 1. The van der Waals surface area contributed by atoms with Crippen LogP contribution in [-0.4, -0.2) is 41.9 Å². The lowest BCUT2D eigenvalue weighted by molar-refractivity contribution is -0.122. The van der Waals surface area contributed by atoms with E-state index in [-0.39, 0.29) is 12.3 Å². The van der Waals surface area contributed by atoms with E-state index in [9.17, 15) is 22.9 Å². The summed E-state index contributed by atoms with van der Waals surface area (Å²) in [6.45, 7) is 4.37. The van der Waals surface area contributed by atoms with Gasteiger partial charge in [-0.15, -0.1) is 0 Å². The van der Waals surface area contributed by atoms with Gasteiger partial charge in [-0.1, -0.05) is 140 Å². The summed E-state index contributed by atoms with van der Waals surface area (Å²) < 4.78 is 32.2. The van der Waals surface area contributed by atoms with Gasteiger partial charge in [0, 0.05) is 6.42 Å². The van der Waals surface area contributed by atoms with Crippen LogP contribution in [0.1, 0.15) is 162 Å². The highest BCUT2D eigenvalue weighted by atomic mass is 32.2. The van der Waals surface area contributed by atoms with Gasteiger partial charge in [0.05, 0.1) is 17.9 Å². The molecule has 0 bridgehead atoms. The van der Waals surface area contributed by atoms with Gasteiger partial charge in [0.1, 0.15) is 0 Å². The Balaban J connectivity index is 3.96. The predicted molar refractivity (Wildman–Crippen MR) is 188 cm³/mol. The Bertz CT molecular complexity index is 878. The molecule has 3 N–H and O–H groups in total. The minimum Gasteiger partial charge on any atom is -0.387 e. The predicted octanol–water partition coefficient (Wildman–Crippen LogP) is 9.96. The first-order valence-corrected chi connectivity index (χ1v) is 19.4. The molecule has 7 heteroatoms. The summed E-state index contributed by atoms with van der Waals surface area (Å²) in [7, 11) is -4.35. The van der Waals surface area contributed by atoms with Crippen molar-refractivity contribution in [3.63, 3.8) is 0 Å². The molecule has 0 fully saturated rings. The number of amides is 1. The Morgan fingerprint density at radius 2 is 1.05 bits per heavy atom. The van der Waals surface area contributed by atoms with E-state index in [0.717, 1.165) is 44.9 Å². The summed E-state index contributed by atoms with van der Waals surface area (Å²) in [5.41, 5.74) is 0. The fourth-order valence-corrected chi connectivity index (χ4v) is 5.80. The van der Waals surface area contributed by atoms with Crippen LogP contribution in [-0.2, 0) is 14.9 Å². The van der Waals surface area contributed by atoms with E-state index in [1.54, 1.807) is 6.08 Å². The van der Waals surface area contributed by atoms with Gasteiger partial charge in [-0.25, -0.2) is 0 Å². The van der Waals surface area contributed by atoms with E-state index in [4.69, 9.17) is 0 Å². The number of aliphatic hydroxyl groups is 1. The standard InChI is InChI=1S/C37H67NO5S/c1-3-5-7-9-11-13-15-16-17-18-19-20-21-22-23-25-27-29-31-33-37(40)38-35(34-44(41,42)43)36(39)32-30-28-26-24-14-12-10-8-6-4-2/h6,8,14,16-17,24,30,32,35-36,39H,3-5,7,9-13,15,18-23,25-29,31,33-34H2,1-2H3,(H,38,40)(H,41,42,43)/b8-6+,17-16-,24-14+,32-30+. The van der Waals surface area contributed by atoms with Gasteiger partial charge in [-0.05, 0) is 64.2 Å². The van der Waals surface area contributed by atoms with Gasteiger partial charge in [0.25, 0.3) is 10.1 Å². The lowest BCUT2D eigenvalue weighted by Gasteiger charge is -2.21. The zero-order valence-electron chi connectivity index (χ0n) is 28.3. The maximum Gasteiger partial charge on any atom is 0.267 e. The number of nitrogens with one attached hydrogen (secondary N) is 1. The second-order valence-electron chi connectivity index (χ2n) is 12.1. The van der Waals surface area contributed by atoms with E-state index >= 15 is 0 Å². The minimum atomic E-state index is -4.35. The monoisotopic (exact) mass is 637 g/mol. The van der Waals surface area contributed by atoms with Crippen molar-refractivity contribution in [3.8, 4) is 0 Å². The molecule has 0 aromatic heterocycles. The van der Waals surface area contributed by atoms with Crippen molar-refractivity contribution in [1.29, 1.82) is 0 Å². The van der Waals surface area contributed by atoms with E-state index in [0.29, 0.717) is 6.42 Å². The lowest BCUT2D eigenvalue weighted by Crippen LogP contribution is -2.46. The van der Waals surface area contributed by atoms with Crippen LogP contribution in [0.3, 0.4) is 0 Å². The molecular weight excluding hydrogens is 570 g/mol. The van der Waals surface area contributed by atoms with Crippen molar-refractivity contribution < 1.29 is 22.9 Å². The Labute approximate surface area is 271 Å². The highest BCUT2D eigenvalue weighted by Gasteiger charge is 2.24. The van der Waals surface area contributed by atoms with Crippen molar-refractivity contribution in [1.82, 2.24) is 5.32 Å². The van der Waals surface area contributed by atoms with Crippen LogP contribution in [0.5, 0.6) is 0 Å². The molecule has 0 aromatic rings. The molecule has 256 valence electrons. The molecule has 0 aliphatic heterocycles. The van der Waals surface area contributed by atoms with Crippen molar-refractivity contribution in [2.75, 3.05) is 5.75 Å². The molecule has 0 radical (unpaired) electrons. The third-order valence-corrected chi connectivity index (χ3v) is 8.50. The number of allylic oxidation sites excluding steroid dienone is 7. The topological polar surface area (TPSA) is 104 Å². The average Bonchev–Trinajstić information content (AvgIpc) is 2.98. The number of rotatable bonds is 31. The maximum absolute atomic E-state index is 12.4. The van der Waals surface area contributed by atoms with Gasteiger partial charge < -0.3 is 10.4 Å². The second kappa shape index (κ2) is 31.3. The van der Waals surface area contributed by atoms with Crippen molar-refractivity contribution in [2.45, 2.75) is 174 Å². The lowest BCUT2D eigenvalue weighted by atomic mass is 10.0. The number of aliphatic hydroxyl groups excluding tert-OH is 1. The van der Waals surface area contributed by atoms with Crippen LogP contribution in [0.4, 0.5) is 0 Å². The molecule has 0 spiro atoms. The highest BCUT2D eigenvalue weighted by Crippen LogP contribution is 2.13. The maximum atomic E-state index is 12.4. The van der Waals surface area contributed by atoms with Crippen LogP contribution in [0.2, 0.25) is 0 Å². The number of hydrogen-bond donors (Lipinski definition) is 3. The third kappa shape index (κ3) is 31.7. The zero-order chi connectivity index (χ0) is 32.6. The molecule has 0 aliphatic rings. The van der Waals surface area contributed by atoms with Gasteiger partial charge in [0.2, 0.25) is 5.91 Å². The van der Waals surface area contributed by atoms with Gasteiger partial charge in [0.15, 0.2) is 0 Å². The van der Waals surface area contributed by atoms with Crippen LogP contribution >= 0.6 is 0 Å². The first kappa shape index (κ1) is 42.3. The fraction of sp³-hybridized carbons (Fsp3) is 0.757. The Morgan fingerprint density at radius 3 is 1.55 bits per heavy atom. The molecule has 2 atom stereocenters. The summed E-state index contributed by atoms with van der Waals surface area (Å²) in [5, 5.41) is 13.1. The number of unbranched alkanes of at least 4 members (excludes halogenated alkanes) is 17. The molecule has 0 rings (SSSR count). The summed E-state index contributed by atoms with van der Waals surface area (Å²) in [6, 6.07) is -1.08. The molecule has 2 unspecified atom stereocenters. The summed E-state index contributed by atoms with van der Waals surface area (Å²) in [4.78, 5) is 12.4. The minimum absolute atomic E-state index is 0.281. The normalized spacial score (nSPS) is 14.0. The van der Waals surface area contributed by atoms with Crippen LogP contribution in [0, 0.1) is 0 Å². The van der Waals surface area contributed by atoms with Crippen molar-refractivity contribution in [2.24, 2.45) is 0 Å². The summed E-state index contributed by atoms with van der Waals surface area (Å²) >= 11 is 0. The first-order chi connectivity index (χ1) is 21.3. The van der Waals surface area contributed by atoms with E-state index in [2.05, 4.69) is 55.6 Å². The molecule has 6 nitrogen and oxygen atoms in total. The van der Waals surface area contributed by atoms with Gasteiger partial charge in [-0.3, -0.25) is 9.35 Å². The quantitative estimate of drug-likeness (QED) is 0.0399. The van der Waals surface area contributed by atoms with Gasteiger partial charge >= 0.3 is 0 Å². The zero-order valence-corrected chi connectivity index (χ0v) is 29.1. The fourth-order valence-electron chi connectivity index (χ4n) is 5.07. The molecule has 0 aromatic carbocycles.